The van der Waals surface area contributed by atoms with Crippen LogP contribution >= 0.6 is 0 Å². The Kier molecular flexibility index (Phi) is 4.01. The van der Waals surface area contributed by atoms with Gasteiger partial charge in [0.1, 0.15) is 18.0 Å². The fourth-order valence-corrected chi connectivity index (χ4v) is 2.32. The fraction of sp³-hybridized carbons (Fsp3) is 0.692. The standard InChI is InChI=1S/C13H22N4O/c1-3-5-10-11(14)16-9-17-12(10)15-8-13(2)6-4-7-18-13/h9H,3-8H2,1-2H3,(H3,14,15,16,17). The van der Waals surface area contributed by atoms with Crippen LogP contribution in [0.1, 0.15) is 38.7 Å². The maximum atomic E-state index is 5.90. The van der Waals surface area contributed by atoms with Gasteiger partial charge in [-0.15, -0.1) is 0 Å². The van der Waals surface area contributed by atoms with Gasteiger partial charge in [0.2, 0.25) is 0 Å². The number of nitrogens with zero attached hydrogens (tertiary/aromatic N) is 2. The first-order valence-electron chi connectivity index (χ1n) is 6.62. The summed E-state index contributed by atoms with van der Waals surface area (Å²) in [6.07, 6.45) is 5.65. The number of ether oxygens (including phenoxy) is 1. The highest BCUT2D eigenvalue weighted by Gasteiger charge is 2.29. The number of hydrogen-bond donors (Lipinski definition) is 2. The van der Waals surface area contributed by atoms with Gasteiger partial charge in [0.05, 0.1) is 5.60 Å². The largest absolute Gasteiger partial charge is 0.383 e. The highest BCUT2D eigenvalue weighted by molar-refractivity contribution is 5.55. The third-order valence-corrected chi connectivity index (χ3v) is 3.41. The van der Waals surface area contributed by atoms with Crippen molar-refractivity contribution in [1.29, 1.82) is 0 Å². The lowest BCUT2D eigenvalue weighted by Gasteiger charge is -2.24. The van der Waals surface area contributed by atoms with Crippen molar-refractivity contribution in [1.82, 2.24) is 9.97 Å². The molecule has 1 unspecified atom stereocenters. The monoisotopic (exact) mass is 250 g/mol. The van der Waals surface area contributed by atoms with Crippen LogP contribution in [0.25, 0.3) is 0 Å². The van der Waals surface area contributed by atoms with E-state index in [0.29, 0.717) is 5.82 Å². The summed E-state index contributed by atoms with van der Waals surface area (Å²) >= 11 is 0. The van der Waals surface area contributed by atoms with Crippen LogP contribution in [0.4, 0.5) is 11.6 Å². The summed E-state index contributed by atoms with van der Waals surface area (Å²) in [7, 11) is 0. The smallest absolute Gasteiger partial charge is 0.134 e. The highest BCUT2D eigenvalue weighted by Crippen LogP contribution is 2.26. The van der Waals surface area contributed by atoms with Gasteiger partial charge in [-0.2, -0.15) is 0 Å². The first kappa shape index (κ1) is 13.1. The minimum atomic E-state index is -0.0802. The number of anilines is 2. The predicted molar refractivity (Wildman–Crippen MR) is 72.5 cm³/mol. The molecule has 0 aliphatic carbocycles. The Morgan fingerprint density at radius 1 is 1.50 bits per heavy atom. The molecule has 100 valence electrons. The Hall–Kier alpha value is -1.36. The Balaban J connectivity index is 2.06. The molecule has 0 radical (unpaired) electrons. The quantitative estimate of drug-likeness (QED) is 0.836. The number of rotatable bonds is 5. The van der Waals surface area contributed by atoms with Crippen molar-refractivity contribution < 1.29 is 4.74 Å². The average molecular weight is 250 g/mol. The molecule has 1 aromatic heterocycles. The first-order valence-corrected chi connectivity index (χ1v) is 6.62. The zero-order chi connectivity index (χ0) is 13.0. The zero-order valence-corrected chi connectivity index (χ0v) is 11.2. The lowest BCUT2D eigenvalue weighted by atomic mass is 10.0. The van der Waals surface area contributed by atoms with Crippen LogP contribution in [0.15, 0.2) is 6.33 Å². The van der Waals surface area contributed by atoms with Crippen molar-refractivity contribution in [3.8, 4) is 0 Å². The van der Waals surface area contributed by atoms with E-state index in [-0.39, 0.29) is 5.60 Å². The van der Waals surface area contributed by atoms with E-state index in [2.05, 4.69) is 29.1 Å². The van der Waals surface area contributed by atoms with E-state index < -0.39 is 0 Å². The first-order chi connectivity index (χ1) is 8.64. The Morgan fingerprint density at radius 3 is 3.00 bits per heavy atom. The number of aromatic nitrogens is 2. The van der Waals surface area contributed by atoms with Gasteiger partial charge in [-0.3, -0.25) is 0 Å². The molecule has 1 aliphatic heterocycles. The van der Waals surface area contributed by atoms with E-state index >= 15 is 0 Å². The van der Waals surface area contributed by atoms with Crippen LogP contribution in [0, 0.1) is 0 Å². The second kappa shape index (κ2) is 5.52. The molecule has 0 bridgehead atoms. The van der Waals surface area contributed by atoms with Crippen LogP contribution in [-0.2, 0) is 11.2 Å². The Bertz CT molecular complexity index is 402. The highest BCUT2D eigenvalue weighted by atomic mass is 16.5. The second-order valence-electron chi connectivity index (χ2n) is 5.09. The van der Waals surface area contributed by atoms with Crippen molar-refractivity contribution in [2.75, 3.05) is 24.2 Å². The van der Waals surface area contributed by atoms with Gasteiger partial charge in [0, 0.05) is 18.7 Å². The molecule has 5 heteroatoms. The SMILES string of the molecule is CCCc1c(N)ncnc1NCC1(C)CCCO1. The summed E-state index contributed by atoms with van der Waals surface area (Å²) in [5, 5.41) is 3.37. The summed E-state index contributed by atoms with van der Waals surface area (Å²) in [5.41, 5.74) is 6.84. The second-order valence-corrected chi connectivity index (χ2v) is 5.09. The van der Waals surface area contributed by atoms with E-state index in [0.717, 1.165) is 50.2 Å². The summed E-state index contributed by atoms with van der Waals surface area (Å²) in [5.74, 6) is 1.42. The van der Waals surface area contributed by atoms with Crippen LogP contribution in [0.3, 0.4) is 0 Å². The van der Waals surface area contributed by atoms with Gasteiger partial charge < -0.3 is 15.8 Å². The Morgan fingerprint density at radius 2 is 2.33 bits per heavy atom. The summed E-state index contributed by atoms with van der Waals surface area (Å²) < 4.78 is 5.76. The van der Waals surface area contributed by atoms with Crippen LogP contribution in [0.5, 0.6) is 0 Å². The molecule has 0 amide bonds. The van der Waals surface area contributed by atoms with Gasteiger partial charge >= 0.3 is 0 Å². The van der Waals surface area contributed by atoms with Crippen LogP contribution in [-0.4, -0.2) is 28.7 Å². The molecule has 2 heterocycles. The van der Waals surface area contributed by atoms with Gasteiger partial charge in [-0.25, -0.2) is 9.97 Å². The molecule has 3 N–H and O–H groups in total. The molecule has 0 saturated carbocycles. The minimum Gasteiger partial charge on any atom is -0.383 e. The summed E-state index contributed by atoms with van der Waals surface area (Å²) in [6.45, 7) is 5.88. The van der Waals surface area contributed by atoms with Crippen molar-refractivity contribution >= 4 is 11.6 Å². The van der Waals surface area contributed by atoms with E-state index in [1.165, 1.54) is 6.33 Å². The number of nitrogens with two attached hydrogens (primary N) is 1. The van der Waals surface area contributed by atoms with Gasteiger partial charge in [0.15, 0.2) is 0 Å². The van der Waals surface area contributed by atoms with Crippen molar-refractivity contribution in [3.05, 3.63) is 11.9 Å². The van der Waals surface area contributed by atoms with E-state index in [4.69, 9.17) is 10.5 Å². The number of hydrogen-bond acceptors (Lipinski definition) is 5. The molecular formula is C13H22N4O. The van der Waals surface area contributed by atoms with E-state index in [9.17, 15) is 0 Å². The van der Waals surface area contributed by atoms with Gasteiger partial charge in [-0.1, -0.05) is 13.3 Å². The molecule has 2 rings (SSSR count). The third kappa shape index (κ3) is 2.90. The lowest BCUT2D eigenvalue weighted by Crippen LogP contribution is -2.33. The molecule has 1 aromatic rings. The molecular weight excluding hydrogens is 228 g/mol. The minimum absolute atomic E-state index is 0.0802. The maximum absolute atomic E-state index is 5.90. The molecule has 18 heavy (non-hydrogen) atoms. The third-order valence-electron chi connectivity index (χ3n) is 3.41. The zero-order valence-electron chi connectivity index (χ0n) is 11.2. The molecule has 1 aliphatic rings. The van der Waals surface area contributed by atoms with Crippen LogP contribution < -0.4 is 11.1 Å². The van der Waals surface area contributed by atoms with Gasteiger partial charge in [-0.05, 0) is 26.2 Å². The van der Waals surface area contributed by atoms with Crippen molar-refractivity contribution in [3.63, 3.8) is 0 Å². The summed E-state index contributed by atoms with van der Waals surface area (Å²) in [4.78, 5) is 8.34. The Labute approximate surface area is 108 Å². The number of nitrogen functional groups attached to an aromatic ring is 1. The fourth-order valence-electron chi connectivity index (χ4n) is 2.32. The topological polar surface area (TPSA) is 73.1 Å². The molecule has 1 fully saturated rings. The molecule has 1 atom stereocenters. The van der Waals surface area contributed by atoms with Gasteiger partial charge in [0.25, 0.3) is 0 Å². The molecule has 1 saturated heterocycles. The lowest BCUT2D eigenvalue weighted by molar-refractivity contribution is 0.0314. The van der Waals surface area contributed by atoms with Crippen molar-refractivity contribution in [2.24, 2.45) is 0 Å². The van der Waals surface area contributed by atoms with E-state index in [1.807, 2.05) is 0 Å². The average Bonchev–Trinajstić information content (AvgIpc) is 2.78. The summed E-state index contributed by atoms with van der Waals surface area (Å²) in [6, 6.07) is 0. The maximum Gasteiger partial charge on any atom is 0.134 e. The van der Waals surface area contributed by atoms with Crippen LogP contribution in [0.2, 0.25) is 0 Å². The number of nitrogens with one attached hydrogen (secondary N) is 1. The molecule has 0 aromatic carbocycles. The van der Waals surface area contributed by atoms with E-state index in [1.54, 1.807) is 0 Å². The molecule has 0 spiro atoms. The molecule has 5 nitrogen and oxygen atoms in total. The predicted octanol–water partition coefficient (Wildman–Crippen LogP) is 1.99. The normalized spacial score (nSPS) is 23.2. The van der Waals surface area contributed by atoms with Crippen molar-refractivity contribution in [2.45, 2.75) is 45.1 Å².